The van der Waals surface area contributed by atoms with Crippen molar-refractivity contribution in [3.8, 4) is 0 Å². The van der Waals surface area contributed by atoms with Crippen molar-refractivity contribution in [2.24, 2.45) is 0 Å². The van der Waals surface area contributed by atoms with Gasteiger partial charge in [-0.25, -0.2) is 0 Å². The van der Waals surface area contributed by atoms with Crippen molar-refractivity contribution in [1.82, 2.24) is 10.2 Å². The van der Waals surface area contributed by atoms with E-state index in [4.69, 9.17) is 0 Å². The highest BCUT2D eigenvalue weighted by Crippen LogP contribution is 1.98. The minimum atomic E-state index is 0.559. The van der Waals surface area contributed by atoms with Crippen LogP contribution >= 0.6 is 0 Å². The van der Waals surface area contributed by atoms with Crippen molar-refractivity contribution in [1.29, 1.82) is 0 Å². The molecule has 0 saturated heterocycles. The molecule has 0 fully saturated rings. The van der Waals surface area contributed by atoms with Gasteiger partial charge in [-0.3, -0.25) is 0 Å². The van der Waals surface area contributed by atoms with Crippen LogP contribution in [0.5, 0.6) is 0 Å². The van der Waals surface area contributed by atoms with Crippen LogP contribution in [-0.4, -0.2) is 38.1 Å². The number of nitrogens with one attached hydrogen (secondary N) is 1. The number of likely N-dealkylation sites (N-methyl/N-ethyl adjacent to an activating group) is 1. The molecule has 0 aliphatic heterocycles. The smallest absolute Gasteiger partial charge is 0.0166 e. The number of nitrogens with zero attached hydrogens (tertiary/aromatic N) is 1. The minimum absolute atomic E-state index is 0.559. The summed E-state index contributed by atoms with van der Waals surface area (Å²) in [4.78, 5) is 2.21. The second kappa shape index (κ2) is 6.59. The van der Waals surface area contributed by atoms with Crippen LogP contribution < -0.4 is 5.32 Å². The third kappa shape index (κ3) is 5.55. The van der Waals surface area contributed by atoms with Crippen molar-refractivity contribution in [3.05, 3.63) is 35.9 Å². The van der Waals surface area contributed by atoms with Crippen LogP contribution in [0, 0.1) is 0 Å². The topological polar surface area (TPSA) is 15.3 Å². The molecule has 1 N–H and O–H groups in total. The number of hydrogen-bond acceptors (Lipinski definition) is 2. The van der Waals surface area contributed by atoms with Crippen molar-refractivity contribution < 1.29 is 0 Å². The summed E-state index contributed by atoms with van der Waals surface area (Å²) < 4.78 is 0. The molecule has 15 heavy (non-hydrogen) atoms. The molecule has 0 aliphatic carbocycles. The van der Waals surface area contributed by atoms with Crippen LogP contribution in [0.15, 0.2) is 30.3 Å². The molecule has 0 amide bonds. The third-order valence-electron chi connectivity index (χ3n) is 2.39. The van der Waals surface area contributed by atoms with Gasteiger partial charge in [0.15, 0.2) is 0 Å². The second-order valence-corrected chi connectivity index (χ2v) is 4.35. The van der Waals surface area contributed by atoms with Gasteiger partial charge in [0.2, 0.25) is 0 Å². The molecule has 2 nitrogen and oxygen atoms in total. The molecule has 1 rings (SSSR count). The molecular weight excluding hydrogens is 184 g/mol. The van der Waals surface area contributed by atoms with E-state index in [9.17, 15) is 0 Å². The zero-order valence-corrected chi connectivity index (χ0v) is 10.0. The summed E-state index contributed by atoms with van der Waals surface area (Å²) in [5.41, 5.74) is 1.40. The van der Waals surface area contributed by atoms with Gasteiger partial charge in [0, 0.05) is 12.6 Å². The molecule has 1 unspecified atom stereocenters. The van der Waals surface area contributed by atoms with Crippen molar-refractivity contribution >= 4 is 0 Å². The van der Waals surface area contributed by atoms with Crippen molar-refractivity contribution in [2.75, 3.05) is 27.2 Å². The van der Waals surface area contributed by atoms with Crippen LogP contribution in [0.3, 0.4) is 0 Å². The fraction of sp³-hybridized carbons (Fsp3) is 0.538. The molecule has 0 saturated carbocycles. The molecule has 0 bridgehead atoms. The lowest BCUT2D eigenvalue weighted by molar-refractivity contribution is 0.351. The summed E-state index contributed by atoms with van der Waals surface area (Å²) in [6.07, 6.45) is 1.11. The summed E-state index contributed by atoms with van der Waals surface area (Å²) in [5, 5.41) is 3.52. The first-order valence-corrected chi connectivity index (χ1v) is 5.60. The Morgan fingerprint density at radius 2 is 1.87 bits per heavy atom. The van der Waals surface area contributed by atoms with Crippen LogP contribution in [0.4, 0.5) is 0 Å². The Bertz CT molecular complexity index is 256. The van der Waals surface area contributed by atoms with Gasteiger partial charge in [-0.2, -0.15) is 0 Å². The standard InChI is InChI=1S/C13H22N2/c1-12(11-15(2)3)14-10-9-13-7-5-4-6-8-13/h4-8,12,14H,9-11H2,1-3H3. The summed E-state index contributed by atoms with van der Waals surface area (Å²) >= 11 is 0. The van der Waals surface area contributed by atoms with Gasteiger partial charge < -0.3 is 10.2 Å². The first kappa shape index (κ1) is 12.2. The van der Waals surface area contributed by atoms with E-state index in [0.29, 0.717) is 6.04 Å². The van der Waals surface area contributed by atoms with Crippen molar-refractivity contribution in [3.63, 3.8) is 0 Å². The SMILES string of the molecule is CC(CN(C)C)NCCc1ccccc1. The summed E-state index contributed by atoms with van der Waals surface area (Å²) in [5.74, 6) is 0. The van der Waals surface area contributed by atoms with E-state index in [1.807, 2.05) is 0 Å². The van der Waals surface area contributed by atoms with Gasteiger partial charge in [0.1, 0.15) is 0 Å². The first-order valence-electron chi connectivity index (χ1n) is 5.60. The lowest BCUT2D eigenvalue weighted by atomic mass is 10.1. The molecule has 84 valence electrons. The quantitative estimate of drug-likeness (QED) is 0.763. The predicted molar refractivity (Wildman–Crippen MR) is 66.2 cm³/mol. The Morgan fingerprint density at radius 1 is 1.20 bits per heavy atom. The summed E-state index contributed by atoms with van der Waals surface area (Å²) in [6.45, 7) is 4.37. The number of benzene rings is 1. The van der Waals surface area contributed by atoms with E-state index in [1.165, 1.54) is 5.56 Å². The van der Waals surface area contributed by atoms with E-state index in [1.54, 1.807) is 0 Å². The van der Waals surface area contributed by atoms with E-state index in [-0.39, 0.29) is 0 Å². The maximum atomic E-state index is 3.52. The molecule has 0 aliphatic rings. The first-order chi connectivity index (χ1) is 7.18. The van der Waals surface area contributed by atoms with Crippen LogP contribution in [0.25, 0.3) is 0 Å². The minimum Gasteiger partial charge on any atom is -0.313 e. The lowest BCUT2D eigenvalue weighted by Gasteiger charge is -2.18. The predicted octanol–water partition coefficient (Wildman–Crippen LogP) is 1.77. The maximum absolute atomic E-state index is 3.52. The molecule has 0 heterocycles. The van der Waals surface area contributed by atoms with E-state index < -0.39 is 0 Å². The molecule has 0 aromatic heterocycles. The lowest BCUT2D eigenvalue weighted by Crippen LogP contribution is -2.36. The van der Waals surface area contributed by atoms with Crippen molar-refractivity contribution in [2.45, 2.75) is 19.4 Å². The Hall–Kier alpha value is -0.860. The highest BCUT2D eigenvalue weighted by molar-refractivity contribution is 5.14. The number of rotatable bonds is 6. The fourth-order valence-corrected chi connectivity index (χ4v) is 1.72. The second-order valence-electron chi connectivity index (χ2n) is 4.35. The summed E-state index contributed by atoms with van der Waals surface area (Å²) in [6, 6.07) is 11.2. The Balaban J connectivity index is 2.16. The Labute approximate surface area is 93.3 Å². The highest BCUT2D eigenvalue weighted by atomic mass is 15.1. The van der Waals surface area contributed by atoms with Gasteiger partial charge in [-0.05, 0) is 39.5 Å². The largest absolute Gasteiger partial charge is 0.313 e. The summed E-state index contributed by atoms with van der Waals surface area (Å²) in [7, 11) is 4.21. The molecule has 1 aromatic rings. The number of hydrogen-bond donors (Lipinski definition) is 1. The van der Waals surface area contributed by atoms with Crippen LogP contribution in [0.2, 0.25) is 0 Å². The molecule has 1 atom stereocenters. The zero-order valence-electron chi connectivity index (χ0n) is 10.0. The van der Waals surface area contributed by atoms with Gasteiger partial charge >= 0.3 is 0 Å². The Morgan fingerprint density at radius 3 is 2.47 bits per heavy atom. The average molecular weight is 206 g/mol. The molecule has 2 heteroatoms. The molecule has 0 radical (unpaired) electrons. The molecule has 0 spiro atoms. The normalized spacial score (nSPS) is 13.1. The maximum Gasteiger partial charge on any atom is 0.0166 e. The highest BCUT2D eigenvalue weighted by Gasteiger charge is 2.01. The third-order valence-corrected chi connectivity index (χ3v) is 2.39. The zero-order chi connectivity index (χ0) is 11.1. The van der Waals surface area contributed by atoms with Gasteiger partial charge in [-0.1, -0.05) is 30.3 Å². The van der Waals surface area contributed by atoms with Crippen LogP contribution in [0.1, 0.15) is 12.5 Å². The molecular formula is C13H22N2. The Kier molecular flexibility index (Phi) is 5.37. The van der Waals surface area contributed by atoms with E-state index in [2.05, 4.69) is 61.6 Å². The van der Waals surface area contributed by atoms with Gasteiger partial charge in [0.05, 0.1) is 0 Å². The van der Waals surface area contributed by atoms with E-state index in [0.717, 1.165) is 19.5 Å². The van der Waals surface area contributed by atoms with Gasteiger partial charge in [-0.15, -0.1) is 0 Å². The average Bonchev–Trinajstić information content (AvgIpc) is 2.18. The fourth-order valence-electron chi connectivity index (χ4n) is 1.72. The molecule has 1 aromatic carbocycles. The van der Waals surface area contributed by atoms with E-state index >= 15 is 0 Å². The van der Waals surface area contributed by atoms with Crippen LogP contribution in [-0.2, 0) is 6.42 Å². The van der Waals surface area contributed by atoms with Gasteiger partial charge in [0.25, 0.3) is 0 Å². The monoisotopic (exact) mass is 206 g/mol.